The molecule has 0 radical (unpaired) electrons. The Morgan fingerprint density at radius 1 is 1.42 bits per heavy atom. The van der Waals surface area contributed by atoms with Gasteiger partial charge in [-0.25, -0.2) is 4.98 Å². The minimum absolute atomic E-state index is 0.0364. The Hall–Kier alpha value is -1.69. The van der Waals surface area contributed by atoms with Gasteiger partial charge in [0.15, 0.2) is 0 Å². The zero-order chi connectivity index (χ0) is 13.4. The van der Waals surface area contributed by atoms with Gasteiger partial charge in [-0.3, -0.25) is 14.2 Å². The van der Waals surface area contributed by atoms with Gasteiger partial charge in [0.1, 0.15) is 4.83 Å². The number of hydrogen-bond donors (Lipinski definition) is 1. The van der Waals surface area contributed by atoms with E-state index >= 15 is 0 Å². The lowest BCUT2D eigenvalue weighted by Crippen LogP contribution is -2.24. The van der Waals surface area contributed by atoms with Crippen molar-refractivity contribution in [3.05, 3.63) is 27.1 Å². The van der Waals surface area contributed by atoms with E-state index < -0.39 is 5.91 Å². The van der Waals surface area contributed by atoms with E-state index in [0.717, 1.165) is 29.5 Å². The second-order valence-electron chi connectivity index (χ2n) is 4.85. The van der Waals surface area contributed by atoms with Gasteiger partial charge in [0, 0.05) is 17.8 Å². The van der Waals surface area contributed by atoms with Crippen LogP contribution in [0.2, 0.25) is 0 Å². The van der Waals surface area contributed by atoms with E-state index in [4.69, 9.17) is 5.73 Å². The van der Waals surface area contributed by atoms with E-state index in [1.807, 2.05) is 0 Å². The molecule has 2 aromatic rings. The molecule has 0 aliphatic heterocycles. The number of nitrogens with zero attached hydrogens (tertiary/aromatic N) is 2. The highest BCUT2D eigenvalue weighted by Crippen LogP contribution is 2.33. The molecule has 3 rings (SSSR count). The van der Waals surface area contributed by atoms with Gasteiger partial charge in [-0.2, -0.15) is 0 Å². The highest BCUT2D eigenvalue weighted by Gasteiger charge is 2.19. The Morgan fingerprint density at radius 2 is 2.21 bits per heavy atom. The van der Waals surface area contributed by atoms with Gasteiger partial charge in [0.05, 0.1) is 11.7 Å². The van der Waals surface area contributed by atoms with Gasteiger partial charge in [0.2, 0.25) is 5.91 Å². The van der Waals surface area contributed by atoms with E-state index in [-0.39, 0.29) is 12.0 Å². The van der Waals surface area contributed by atoms with Crippen LogP contribution in [-0.2, 0) is 24.2 Å². The summed E-state index contributed by atoms with van der Waals surface area (Å²) in [5, 5.41) is 0.756. The number of carbonyl (C=O) groups is 1. The predicted molar refractivity (Wildman–Crippen MR) is 74.3 cm³/mol. The van der Waals surface area contributed by atoms with Crippen LogP contribution in [0.25, 0.3) is 10.2 Å². The first-order valence-corrected chi connectivity index (χ1v) is 7.26. The van der Waals surface area contributed by atoms with Gasteiger partial charge in [-0.15, -0.1) is 11.3 Å². The minimum Gasteiger partial charge on any atom is -0.370 e. The average Bonchev–Trinajstić information content (AvgIpc) is 2.76. The molecule has 19 heavy (non-hydrogen) atoms. The van der Waals surface area contributed by atoms with Crippen LogP contribution in [0.4, 0.5) is 0 Å². The van der Waals surface area contributed by atoms with Crippen LogP contribution in [0.3, 0.4) is 0 Å². The van der Waals surface area contributed by atoms with Gasteiger partial charge < -0.3 is 5.73 Å². The molecule has 0 saturated heterocycles. The van der Waals surface area contributed by atoms with E-state index in [0.29, 0.717) is 6.54 Å². The third-order valence-electron chi connectivity index (χ3n) is 3.54. The van der Waals surface area contributed by atoms with E-state index in [1.165, 1.54) is 27.8 Å². The predicted octanol–water partition coefficient (Wildman–Crippen LogP) is 1.21. The van der Waals surface area contributed by atoms with E-state index in [1.54, 1.807) is 11.3 Å². The maximum absolute atomic E-state index is 12.5. The Bertz CT molecular complexity index is 702. The molecule has 0 aromatic carbocycles. The van der Waals surface area contributed by atoms with Crippen molar-refractivity contribution in [3.8, 4) is 0 Å². The van der Waals surface area contributed by atoms with Crippen LogP contribution >= 0.6 is 11.3 Å². The summed E-state index contributed by atoms with van der Waals surface area (Å²) < 4.78 is 1.49. The monoisotopic (exact) mass is 277 g/mol. The maximum atomic E-state index is 12.5. The van der Waals surface area contributed by atoms with Gasteiger partial charge in [-0.1, -0.05) is 0 Å². The summed E-state index contributed by atoms with van der Waals surface area (Å²) in [7, 11) is 0. The first kappa shape index (κ1) is 12.3. The summed E-state index contributed by atoms with van der Waals surface area (Å²) in [4.78, 5) is 29.8. The van der Waals surface area contributed by atoms with Gasteiger partial charge in [0.25, 0.3) is 5.56 Å². The first-order valence-electron chi connectivity index (χ1n) is 6.45. The quantitative estimate of drug-likeness (QED) is 0.916. The Kier molecular flexibility index (Phi) is 3.10. The third kappa shape index (κ3) is 2.16. The molecule has 100 valence electrons. The molecule has 2 aromatic heterocycles. The number of nitrogens with two attached hydrogens (primary N) is 1. The van der Waals surface area contributed by atoms with Crippen molar-refractivity contribution < 1.29 is 4.79 Å². The van der Waals surface area contributed by atoms with Crippen molar-refractivity contribution in [1.29, 1.82) is 0 Å². The SMILES string of the molecule is NC(=O)CCn1cnc2sc3c(c2c1=O)CCCC3. The van der Waals surface area contributed by atoms with Crippen molar-refractivity contribution in [2.75, 3.05) is 0 Å². The third-order valence-corrected chi connectivity index (χ3v) is 4.74. The molecular formula is C13H15N3O2S. The molecule has 1 amide bonds. The molecular weight excluding hydrogens is 262 g/mol. The smallest absolute Gasteiger partial charge is 0.262 e. The molecule has 0 unspecified atom stereocenters. The van der Waals surface area contributed by atoms with Gasteiger partial charge in [-0.05, 0) is 31.2 Å². The zero-order valence-electron chi connectivity index (χ0n) is 10.5. The fraction of sp³-hybridized carbons (Fsp3) is 0.462. The fourth-order valence-electron chi connectivity index (χ4n) is 2.57. The molecule has 1 aliphatic rings. The van der Waals surface area contributed by atoms with Crippen LogP contribution in [0, 0.1) is 0 Å². The molecule has 6 heteroatoms. The molecule has 0 saturated carbocycles. The van der Waals surface area contributed by atoms with Crippen molar-refractivity contribution in [3.63, 3.8) is 0 Å². The fourth-order valence-corrected chi connectivity index (χ4v) is 3.79. The number of thiophene rings is 1. The average molecular weight is 277 g/mol. The number of carbonyl (C=O) groups excluding carboxylic acids is 1. The number of aryl methyl sites for hydroxylation is 3. The first-order chi connectivity index (χ1) is 9.16. The number of fused-ring (bicyclic) bond motifs is 3. The number of aromatic nitrogens is 2. The van der Waals surface area contributed by atoms with Crippen LogP contribution in [-0.4, -0.2) is 15.5 Å². The van der Waals surface area contributed by atoms with Crippen LogP contribution in [0.15, 0.2) is 11.1 Å². The molecule has 5 nitrogen and oxygen atoms in total. The summed E-state index contributed by atoms with van der Waals surface area (Å²) in [6.07, 6.45) is 6.03. The van der Waals surface area contributed by atoms with Crippen LogP contribution in [0.5, 0.6) is 0 Å². The van der Waals surface area contributed by atoms with Crippen molar-refractivity contribution in [1.82, 2.24) is 9.55 Å². The Morgan fingerprint density at radius 3 is 3.00 bits per heavy atom. The normalized spacial score (nSPS) is 14.5. The lowest BCUT2D eigenvalue weighted by atomic mass is 9.97. The molecule has 2 heterocycles. The summed E-state index contributed by atoms with van der Waals surface area (Å²) in [5.74, 6) is -0.403. The topological polar surface area (TPSA) is 78.0 Å². The maximum Gasteiger partial charge on any atom is 0.262 e. The summed E-state index contributed by atoms with van der Waals surface area (Å²) in [5.41, 5.74) is 6.26. The number of hydrogen-bond acceptors (Lipinski definition) is 4. The van der Waals surface area contributed by atoms with Crippen LogP contribution in [0.1, 0.15) is 29.7 Å². The zero-order valence-corrected chi connectivity index (χ0v) is 11.3. The van der Waals surface area contributed by atoms with E-state index in [9.17, 15) is 9.59 Å². The van der Waals surface area contributed by atoms with Crippen LogP contribution < -0.4 is 11.3 Å². The van der Waals surface area contributed by atoms with Crippen molar-refractivity contribution >= 4 is 27.5 Å². The van der Waals surface area contributed by atoms with E-state index in [2.05, 4.69) is 4.98 Å². The summed E-state index contributed by atoms with van der Waals surface area (Å²) in [6, 6.07) is 0. The number of primary amides is 1. The number of rotatable bonds is 3. The van der Waals surface area contributed by atoms with Crippen molar-refractivity contribution in [2.24, 2.45) is 5.73 Å². The second-order valence-corrected chi connectivity index (χ2v) is 5.93. The minimum atomic E-state index is -0.403. The lowest BCUT2D eigenvalue weighted by Gasteiger charge is -2.10. The number of amides is 1. The molecule has 1 aliphatic carbocycles. The largest absolute Gasteiger partial charge is 0.370 e. The molecule has 2 N–H and O–H groups in total. The Balaban J connectivity index is 2.10. The molecule has 0 atom stereocenters. The molecule has 0 fully saturated rings. The molecule has 0 bridgehead atoms. The Labute approximate surface area is 114 Å². The standard InChI is InChI=1S/C13H15N3O2S/c14-10(17)5-6-16-7-15-12-11(13(16)18)8-3-1-2-4-9(8)19-12/h7H,1-6H2,(H2,14,17). The second kappa shape index (κ2) is 4.77. The highest BCUT2D eigenvalue weighted by molar-refractivity contribution is 7.18. The van der Waals surface area contributed by atoms with Gasteiger partial charge >= 0.3 is 0 Å². The lowest BCUT2D eigenvalue weighted by molar-refractivity contribution is -0.118. The summed E-state index contributed by atoms with van der Waals surface area (Å²) in [6.45, 7) is 0.307. The highest BCUT2D eigenvalue weighted by atomic mass is 32.1. The molecule has 0 spiro atoms. The van der Waals surface area contributed by atoms with Crippen molar-refractivity contribution in [2.45, 2.75) is 38.6 Å². The summed E-state index contributed by atoms with van der Waals surface area (Å²) >= 11 is 1.63.